The van der Waals surface area contributed by atoms with Gasteiger partial charge >= 0.3 is 6.03 Å². The summed E-state index contributed by atoms with van der Waals surface area (Å²) in [4.78, 5) is 27.7. The largest absolute Gasteiger partial charge is 0.332 e. The van der Waals surface area contributed by atoms with E-state index in [1.54, 1.807) is 4.57 Å². The van der Waals surface area contributed by atoms with Crippen molar-refractivity contribution in [3.63, 3.8) is 0 Å². The van der Waals surface area contributed by atoms with E-state index < -0.39 is 22.0 Å². The molecule has 1 aliphatic rings. The van der Waals surface area contributed by atoms with Gasteiger partial charge < -0.3 is 4.57 Å². The van der Waals surface area contributed by atoms with Crippen LogP contribution in [0.5, 0.6) is 0 Å². The quantitative estimate of drug-likeness (QED) is 0.547. The summed E-state index contributed by atoms with van der Waals surface area (Å²) in [5.41, 5.74) is 0.625. The van der Waals surface area contributed by atoms with Gasteiger partial charge in [0.05, 0.1) is 0 Å². The van der Waals surface area contributed by atoms with Crippen molar-refractivity contribution in [3.8, 4) is 0 Å². The van der Waals surface area contributed by atoms with E-state index in [1.807, 2.05) is 65.2 Å². The number of amides is 3. The summed E-state index contributed by atoms with van der Waals surface area (Å²) < 4.78 is 3.51. The zero-order valence-electron chi connectivity index (χ0n) is 17.0. The minimum atomic E-state index is -2.21. The van der Waals surface area contributed by atoms with Gasteiger partial charge in [0.25, 0.3) is 5.91 Å². The van der Waals surface area contributed by atoms with Crippen LogP contribution in [-0.4, -0.2) is 37.5 Å². The van der Waals surface area contributed by atoms with Crippen LogP contribution in [0.2, 0.25) is 39.3 Å². The van der Waals surface area contributed by atoms with E-state index in [2.05, 4.69) is 39.3 Å². The van der Waals surface area contributed by atoms with E-state index in [1.165, 1.54) is 0 Å². The first-order chi connectivity index (χ1) is 12.5. The molecule has 6 heteroatoms. The first-order valence-corrected chi connectivity index (χ1v) is 16.2. The Bertz CT molecular complexity index is 816. The van der Waals surface area contributed by atoms with Crippen molar-refractivity contribution in [3.05, 3.63) is 71.8 Å². The van der Waals surface area contributed by atoms with Crippen molar-refractivity contribution in [2.45, 2.75) is 44.8 Å². The monoisotopic (exact) mass is 396 g/mol. The fraction of sp³-hybridized carbons (Fsp3) is 0.333. The van der Waals surface area contributed by atoms with Gasteiger partial charge in [-0.2, -0.15) is 0 Å². The lowest BCUT2D eigenvalue weighted by Crippen LogP contribution is -2.58. The molecule has 0 N–H and O–H groups in total. The average Bonchev–Trinajstić information content (AvgIpc) is 2.84. The topological polar surface area (TPSA) is 40.6 Å². The van der Waals surface area contributed by atoms with Gasteiger partial charge in [-0.1, -0.05) is 99.9 Å². The zero-order valence-corrected chi connectivity index (χ0v) is 19.0. The van der Waals surface area contributed by atoms with E-state index >= 15 is 0 Å². The predicted molar refractivity (Wildman–Crippen MR) is 114 cm³/mol. The Balaban J connectivity index is 2.42. The normalized spacial score (nSPS) is 17.6. The Kier molecular flexibility index (Phi) is 4.68. The number of benzene rings is 2. The molecule has 3 amide bonds. The summed E-state index contributed by atoms with van der Waals surface area (Å²) >= 11 is 0. The third-order valence-electron chi connectivity index (χ3n) is 4.96. The molecule has 0 saturated carbocycles. The molecular formula is C21H28N2O2Si2. The van der Waals surface area contributed by atoms with E-state index in [-0.39, 0.29) is 11.9 Å². The Labute approximate surface area is 164 Å². The molecule has 0 unspecified atom stereocenters. The van der Waals surface area contributed by atoms with Crippen molar-refractivity contribution in [1.82, 2.24) is 9.13 Å². The number of hydrogen-bond acceptors (Lipinski definition) is 2. The Hall–Kier alpha value is -2.19. The number of urea groups is 1. The molecule has 1 saturated heterocycles. The Morgan fingerprint density at radius 2 is 1.07 bits per heavy atom. The molecule has 0 aromatic heterocycles. The number of rotatable bonds is 4. The van der Waals surface area contributed by atoms with Gasteiger partial charge in [-0.15, -0.1) is 0 Å². The molecule has 4 nitrogen and oxygen atoms in total. The van der Waals surface area contributed by atoms with Crippen LogP contribution in [-0.2, 0) is 10.3 Å². The number of carbonyl (C=O) groups is 2. The summed E-state index contributed by atoms with van der Waals surface area (Å²) in [6.45, 7) is 12.6. The summed E-state index contributed by atoms with van der Waals surface area (Å²) in [6, 6.07) is 19.4. The fourth-order valence-corrected chi connectivity index (χ4v) is 7.58. The van der Waals surface area contributed by atoms with Crippen molar-refractivity contribution in [2.24, 2.45) is 0 Å². The van der Waals surface area contributed by atoms with Crippen molar-refractivity contribution in [2.75, 3.05) is 0 Å². The van der Waals surface area contributed by atoms with Crippen molar-refractivity contribution >= 4 is 28.4 Å². The van der Waals surface area contributed by atoms with Crippen LogP contribution in [0.1, 0.15) is 11.1 Å². The number of hydrogen-bond donors (Lipinski definition) is 0. The average molecular weight is 397 g/mol. The molecule has 1 heterocycles. The maximum atomic E-state index is 14.1. The predicted octanol–water partition coefficient (Wildman–Crippen LogP) is 4.86. The molecule has 0 radical (unpaired) electrons. The van der Waals surface area contributed by atoms with Gasteiger partial charge in [-0.3, -0.25) is 9.36 Å². The number of nitrogens with zero attached hydrogens (tertiary/aromatic N) is 2. The van der Waals surface area contributed by atoms with Crippen LogP contribution >= 0.6 is 0 Å². The third-order valence-corrected chi connectivity index (χ3v) is 8.56. The third kappa shape index (κ3) is 2.97. The van der Waals surface area contributed by atoms with Gasteiger partial charge in [0.15, 0.2) is 22.0 Å². The lowest BCUT2D eigenvalue weighted by Gasteiger charge is -2.43. The first-order valence-electron chi connectivity index (χ1n) is 9.32. The molecule has 0 aliphatic carbocycles. The highest BCUT2D eigenvalue weighted by atomic mass is 28.3. The van der Waals surface area contributed by atoms with Crippen LogP contribution in [0.25, 0.3) is 0 Å². The SMILES string of the molecule is C[Si](C)(C)N1C(=O)N([Si](C)(C)C)C(c2ccccc2)(c2ccccc2)C1=O. The van der Waals surface area contributed by atoms with Gasteiger partial charge in [0, 0.05) is 0 Å². The first kappa shape index (κ1) is 19.6. The zero-order chi connectivity index (χ0) is 20.0. The summed E-state index contributed by atoms with van der Waals surface area (Å²) in [5, 5.41) is 0. The van der Waals surface area contributed by atoms with E-state index in [0.717, 1.165) is 11.1 Å². The van der Waals surface area contributed by atoms with Crippen LogP contribution in [0, 0.1) is 0 Å². The van der Waals surface area contributed by atoms with E-state index in [4.69, 9.17) is 0 Å². The minimum absolute atomic E-state index is 0.105. The number of imide groups is 1. The highest BCUT2D eigenvalue weighted by Gasteiger charge is 2.64. The standard InChI is InChI=1S/C21H28N2O2Si2/c1-26(2,3)22-19(24)21(17-13-9-7-10-14-17,18-15-11-8-12-16-18)23(20(22)25)27(4,5)6/h7-16H,1-6H3. The second-order valence-corrected chi connectivity index (χ2v) is 18.6. The minimum Gasteiger partial charge on any atom is -0.332 e. The van der Waals surface area contributed by atoms with Crippen LogP contribution in [0.3, 0.4) is 0 Å². The van der Waals surface area contributed by atoms with Gasteiger partial charge in [0.1, 0.15) is 0 Å². The molecule has 2 aromatic rings. The molecule has 2 aromatic carbocycles. The number of carbonyl (C=O) groups excluding carboxylic acids is 2. The van der Waals surface area contributed by atoms with Gasteiger partial charge in [-0.05, 0) is 11.1 Å². The fourth-order valence-electron chi connectivity index (χ4n) is 4.00. The summed E-state index contributed by atoms with van der Waals surface area (Å²) in [7, 11) is -4.42. The van der Waals surface area contributed by atoms with Crippen molar-refractivity contribution < 1.29 is 9.59 Å². The highest BCUT2D eigenvalue weighted by Crippen LogP contribution is 2.47. The van der Waals surface area contributed by atoms with Crippen LogP contribution in [0.4, 0.5) is 4.79 Å². The molecular weight excluding hydrogens is 368 g/mol. The maximum Gasteiger partial charge on any atom is 0.311 e. The van der Waals surface area contributed by atoms with Crippen LogP contribution in [0.15, 0.2) is 60.7 Å². The summed E-state index contributed by atoms with van der Waals surface area (Å²) in [6.07, 6.45) is 0. The lowest BCUT2D eigenvalue weighted by atomic mass is 9.83. The van der Waals surface area contributed by atoms with Crippen LogP contribution < -0.4 is 0 Å². The maximum absolute atomic E-state index is 14.1. The van der Waals surface area contributed by atoms with Crippen molar-refractivity contribution in [1.29, 1.82) is 0 Å². The van der Waals surface area contributed by atoms with Gasteiger partial charge in [-0.25, -0.2) is 4.79 Å². The molecule has 27 heavy (non-hydrogen) atoms. The van der Waals surface area contributed by atoms with E-state index in [0.29, 0.717) is 0 Å². The molecule has 142 valence electrons. The molecule has 0 atom stereocenters. The molecule has 1 fully saturated rings. The second-order valence-electron chi connectivity index (χ2n) is 9.04. The highest BCUT2D eigenvalue weighted by molar-refractivity contribution is 6.81. The molecule has 1 aliphatic heterocycles. The van der Waals surface area contributed by atoms with E-state index in [9.17, 15) is 9.59 Å². The Morgan fingerprint density at radius 1 is 0.667 bits per heavy atom. The molecule has 0 spiro atoms. The second kappa shape index (κ2) is 6.46. The lowest BCUT2D eigenvalue weighted by molar-refractivity contribution is -0.128. The smallest absolute Gasteiger partial charge is 0.311 e. The Morgan fingerprint density at radius 3 is 1.41 bits per heavy atom. The summed E-state index contributed by atoms with van der Waals surface area (Å²) in [5.74, 6) is -0.105. The van der Waals surface area contributed by atoms with Gasteiger partial charge in [0.2, 0.25) is 0 Å². The molecule has 0 bridgehead atoms. The molecule has 3 rings (SSSR count).